The van der Waals surface area contributed by atoms with Crippen molar-refractivity contribution in [2.45, 2.75) is 85.2 Å². The van der Waals surface area contributed by atoms with E-state index in [1.165, 1.54) is 0 Å². The van der Waals surface area contributed by atoms with Gasteiger partial charge in [0.15, 0.2) is 0 Å². The Hall–Kier alpha value is -2.43. The summed E-state index contributed by atoms with van der Waals surface area (Å²) in [6.07, 6.45) is 5.32. The predicted molar refractivity (Wildman–Crippen MR) is 133 cm³/mol. The molecule has 178 valence electrons. The Bertz CT molecular complexity index is 963. The van der Waals surface area contributed by atoms with Crippen LogP contribution in [0.2, 0.25) is 0 Å². The monoisotopic (exact) mass is 450 g/mol. The highest BCUT2D eigenvalue weighted by atomic mass is 16.5. The summed E-state index contributed by atoms with van der Waals surface area (Å²) in [5, 5.41) is 0. The van der Waals surface area contributed by atoms with E-state index in [2.05, 4.69) is 56.9 Å². The molecule has 4 rings (SSSR count). The molecule has 3 aliphatic rings. The fraction of sp³-hybridized carbons (Fsp3) is 0.607. The lowest BCUT2D eigenvalue weighted by Crippen LogP contribution is -2.44. The number of Topliss-reactive ketones (excluding diaryl/α,β-unsaturated/α-hetero) is 1. The van der Waals surface area contributed by atoms with Crippen LogP contribution in [0.25, 0.3) is 0 Å². The van der Waals surface area contributed by atoms with Gasteiger partial charge in [-0.15, -0.1) is 0 Å². The molecule has 2 fully saturated rings. The molecular weight excluding hydrogens is 412 g/mol. The first-order chi connectivity index (χ1) is 15.7. The molecule has 0 aromatic heterocycles. The van der Waals surface area contributed by atoms with Gasteiger partial charge in [-0.2, -0.15) is 0 Å². The summed E-state index contributed by atoms with van der Waals surface area (Å²) in [6.45, 7) is 12.3. The number of rotatable bonds is 6. The first kappa shape index (κ1) is 23.7. The van der Waals surface area contributed by atoms with Crippen molar-refractivity contribution < 1.29 is 14.3 Å². The van der Waals surface area contributed by atoms with Gasteiger partial charge in [-0.1, -0.05) is 26.0 Å². The van der Waals surface area contributed by atoms with E-state index in [0.717, 1.165) is 62.2 Å². The predicted octanol–water partition coefficient (Wildman–Crippen LogP) is 5.84. The maximum Gasteiger partial charge on any atom is 0.336 e. The highest BCUT2D eigenvalue weighted by Gasteiger charge is 2.48. The Morgan fingerprint density at radius 3 is 2.30 bits per heavy atom. The van der Waals surface area contributed by atoms with Crippen molar-refractivity contribution in [1.82, 2.24) is 0 Å². The smallest absolute Gasteiger partial charge is 0.336 e. The summed E-state index contributed by atoms with van der Waals surface area (Å²) in [7, 11) is 0. The first-order valence-corrected chi connectivity index (χ1v) is 12.6. The molecule has 0 bridgehead atoms. The van der Waals surface area contributed by atoms with E-state index < -0.39 is 0 Å². The van der Waals surface area contributed by atoms with Crippen molar-refractivity contribution in [3.8, 4) is 0 Å². The molecule has 5 nitrogen and oxygen atoms in total. The third-order valence-corrected chi connectivity index (χ3v) is 7.54. The Kier molecular flexibility index (Phi) is 6.78. The molecule has 0 amide bonds. The van der Waals surface area contributed by atoms with Crippen LogP contribution in [0, 0.1) is 11.3 Å². The van der Waals surface area contributed by atoms with E-state index in [0.29, 0.717) is 17.7 Å². The number of benzene rings is 1. The van der Waals surface area contributed by atoms with Crippen LogP contribution < -0.4 is 4.90 Å². The number of fused-ring (bicyclic) bond motifs is 1. The van der Waals surface area contributed by atoms with Gasteiger partial charge in [0.05, 0.1) is 11.5 Å². The molecule has 1 unspecified atom stereocenters. The third-order valence-electron chi connectivity index (χ3n) is 7.54. The van der Waals surface area contributed by atoms with Crippen molar-refractivity contribution >= 4 is 23.2 Å². The van der Waals surface area contributed by atoms with Crippen molar-refractivity contribution in [3.63, 3.8) is 0 Å². The minimum atomic E-state index is -0.382. The van der Waals surface area contributed by atoms with Gasteiger partial charge in [0.2, 0.25) is 0 Å². The van der Waals surface area contributed by atoms with Crippen LogP contribution in [0.1, 0.15) is 84.6 Å². The Morgan fingerprint density at radius 2 is 1.70 bits per heavy atom. The van der Waals surface area contributed by atoms with E-state index in [4.69, 9.17) is 9.73 Å². The summed E-state index contributed by atoms with van der Waals surface area (Å²) < 4.78 is 5.94. The molecule has 1 aromatic rings. The van der Waals surface area contributed by atoms with Gasteiger partial charge < -0.3 is 9.64 Å². The minimum absolute atomic E-state index is 0.0186. The molecule has 1 heterocycles. The topological polar surface area (TPSA) is 59.0 Å². The van der Waals surface area contributed by atoms with Gasteiger partial charge >= 0.3 is 5.97 Å². The lowest BCUT2D eigenvalue weighted by atomic mass is 9.63. The van der Waals surface area contributed by atoms with Gasteiger partial charge in [-0.3, -0.25) is 9.79 Å². The standard InChI is InChI=1S/C28H38N2O3/c1-6-30(7-2)20-14-12-19(13-15-20)25-24(27(32)33-21-10-8-9-11-21)18(3)29-22-16-28(4,5)17-23(31)26(22)25/h12-15,21,25-26H,6-11,16-17H2,1-5H3/t25-,26?/m1/s1. The molecule has 0 saturated heterocycles. The zero-order valence-corrected chi connectivity index (χ0v) is 20.8. The first-order valence-electron chi connectivity index (χ1n) is 12.6. The third kappa shape index (κ3) is 4.78. The number of ketones is 1. The van der Waals surface area contributed by atoms with Crippen LogP contribution in [-0.4, -0.2) is 36.7 Å². The zero-order valence-electron chi connectivity index (χ0n) is 20.8. The molecule has 1 aliphatic heterocycles. The van der Waals surface area contributed by atoms with Crippen LogP contribution in [0.5, 0.6) is 0 Å². The molecular formula is C28H38N2O3. The second-order valence-corrected chi connectivity index (χ2v) is 10.6. The fourth-order valence-corrected chi connectivity index (χ4v) is 5.92. The van der Waals surface area contributed by atoms with Crippen LogP contribution >= 0.6 is 0 Å². The van der Waals surface area contributed by atoms with Gasteiger partial charge in [0.1, 0.15) is 11.9 Å². The van der Waals surface area contributed by atoms with E-state index in [1.807, 2.05) is 6.92 Å². The number of hydrogen-bond donors (Lipinski definition) is 0. The average Bonchev–Trinajstić information content (AvgIpc) is 3.26. The summed E-state index contributed by atoms with van der Waals surface area (Å²) in [5.74, 6) is -0.827. The molecule has 2 atom stereocenters. The van der Waals surface area contributed by atoms with Crippen LogP contribution in [-0.2, 0) is 14.3 Å². The number of anilines is 1. The van der Waals surface area contributed by atoms with Gasteiger partial charge in [0, 0.05) is 42.5 Å². The number of aliphatic imine (C=N–C) groups is 1. The molecule has 0 N–H and O–H groups in total. The van der Waals surface area contributed by atoms with Crippen molar-refractivity contribution in [1.29, 1.82) is 0 Å². The second kappa shape index (κ2) is 9.44. The van der Waals surface area contributed by atoms with Gasteiger partial charge in [-0.05, 0) is 76.0 Å². The number of nitrogens with zero attached hydrogens (tertiary/aromatic N) is 2. The summed E-state index contributed by atoms with van der Waals surface area (Å²) >= 11 is 0. The molecule has 2 saturated carbocycles. The average molecular weight is 451 g/mol. The Morgan fingerprint density at radius 1 is 1.06 bits per heavy atom. The molecule has 33 heavy (non-hydrogen) atoms. The van der Waals surface area contributed by atoms with E-state index in [9.17, 15) is 9.59 Å². The molecule has 1 aromatic carbocycles. The number of ether oxygens (including phenoxy) is 1. The number of carbonyl (C=O) groups excluding carboxylic acids is 2. The van der Waals surface area contributed by atoms with Crippen molar-refractivity contribution in [3.05, 3.63) is 41.1 Å². The van der Waals surface area contributed by atoms with Crippen molar-refractivity contribution in [2.75, 3.05) is 18.0 Å². The Labute approximate surface area is 198 Å². The van der Waals surface area contributed by atoms with E-state index in [-0.39, 0.29) is 35.1 Å². The van der Waals surface area contributed by atoms with E-state index in [1.54, 1.807) is 0 Å². The van der Waals surface area contributed by atoms with E-state index >= 15 is 0 Å². The quantitative estimate of drug-likeness (QED) is 0.511. The molecule has 2 aliphatic carbocycles. The summed E-state index contributed by atoms with van der Waals surface area (Å²) in [5.41, 5.74) is 4.23. The second-order valence-electron chi connectivity index (χ2n) is 10.6. The summed E-state index contributed by atoms with van der Waals surface area (Å²) in [6, 6.07) is 8.40. The highest BCUT2D eigenvalue weighted by Crippen LogP contribution is 2.47. The van der Waals surface area contributed by atoms with Gasteiger partial charge in [0.25, 0.3) is 0 Å². The van der Waals surface area contributed by atoms with Gasteiger partial charge in [-0.25, -0.2) is 4.79 Å². The Balaban J connectivity index is 1.75. The highest BCUT2D eigenvalue weighted by molar-refractivity contribution is 6.12. The number of esters is 1. The lowest BCUT2D eigenvalue weighted by molar-refractivity contribution is -0.144. The largest absolute Gasteiger partial charge is 0.459 e. The molecule has 0 radical (unpaired) electrons. The van der Waals surface area contributed by atoms with Crippen LogP contribution in [0.4, 0.5) is 5.69 Å². The molecule has 0 spiro atoms. The van der Waals surface area contributed by atoms with Crippen LogP contribution in [0.3, 0.4) is 0 Å². The SMILES string of the molecule is CCN(CC)c1ccc([C@@H]2C(C(=O)OC3CCCC3)=C(C)N=C3CC(C)(C)CC(=O)C32)cc1. The zero-order chi connectivity index (χ0) is 23.8. The number of carbonyl (C=O) groups is 2. The van der Waals surface area contributed by atoms with Crippen LogP contribution in [0.15, 0.2) is 40.5 Å². The maximum absolute atomic E-state index is 13.5. The minimum Gasteiger partial charge on any atom is -0.459 e. The number of hydrogen-bond acceptors (Lipinski definition) is 5. The normalized spacial score (nSPS) is 25.0. The molecule has 5 heteroatoms. The summed E-state index contributed by atoms with van der Waals surface area (Å²) in [4.78, 5) is 34.0. The van der Waals surface area contributed by atoms with Crippen molar-refractivity contribution in [2.24, 2.45) is 16.3 Å². The fourth-order valence-electron chi connectivity index (χ4n) is 5.92. The number of allylic oxidation sites excluding steroid dienone is 1. The maximum atomic E-state index is 13.5. The lowest BCUT2D eigenvalue weighted by Gasteiger charge is -2.41.